The van der Waals surface area contributed by atoms with Gasteiger partial charge in [-0.05, 0) is 36.9 Å². The topological polar surface area (TPSA) is 29.9 Å². The molecule has 0 saturated heterocycles. The Bertz CT molecular complexity index is 356. The monoisotopic (exact) mass is 261 g/mol. The van der Waals surface area contributed by atoms with E-state index in [0.29, 0.717) is 10.4 Å². The van der Waals surface area contributed by atoms with Crippen molar-refractivity contribution in [2.75, 3.05) is 6.54 Å². The van der Waals surface area contributed by atoms with Gasteiger partial charge in [-0.15, -0.1) is 0 Å². The zero-order chi connectivity index (χ0) is 11.5. The molecule has 1 aliphatic rings. The summed E-state index contributed by atoms with van der Waals surface area (Å²) < 4.78 is 1.82. The zero-order valence-corrected chi connectivity index (χ0v) is 11.0. The molecule has 2 rings (SSSR count). The molecule has 1 aliphatic carbocycles. The summed E-state index contributed by atoms with van der Waals surface area (Å²) in [4.78, 5) is 4.01. The third-order valence-electron chi connectivity index (χ3n) is 3.31. The summed E-state index contributed by atoms with van der Waals surface area (Å²) in [5, 5.41) is 4.39. The van der Waals surface area contributed by atoms with Crippen LogP contribution in [-0.4, -0.2) is 16.1 Å². The van der Waals surface area contributed by atoms with E-state index in [4.69, 9.17) is 23.2 Å². The number of imidazole rings is 1. The fourth-order valence-corrected chi connectivity index (χ4v) is 2.77. The molecule has 0 aromatic carbocycles. The number of hydrogen-bond donors (Lipinski definition) is 1. The molecule has 5 heteroatoms. The first-order valence-electron chi connectivity index (χ1n) is 5.76. The maximum absolute atomic E-state index is 5.99. The lowest BCUT2D eigenvalue weighted by molar-refractivity contribution is 0.484. The number of halogens is 2. The van der Waals surface area contributed by atoms with Crippen LogP contribution in [0.15, 0.2) is 0 Å². The molecule has 0 aliphatic heterocycles. The molecule has 16 heavy (non-hydrogen) atoms. The van der Waals surface area contributed by atoms with Crippen molar-refractivity contribution in [3.8, 4) is 0 Å². The van der Waals surface area contributed by atoms with E-state index in [0.717, 1.165) is 24.7 Å². The van der Waals surface area contributed by atoms with E-state index in [9.17, 15) is 0 Å². The Morgan fingerprint density at radius 1 is 1.38 bits per heavy atom. The molecule has 0 spiro atoms. The van der Waals surface area contributed by atoms with E-state index in [-0.39, 0.29) is 0 Å². The van der Waals surface area contributed by atoms with Gasteiger partial charge in [0.1, 0.15) is 0 Å². The van der Waals surface area contributed by atoms with Gasteiger partial charge in [0, 0.05) is 13.6 Å². The number of rotatable bonds is 4. The van der Waals surface area contributed by atoms with Crippen LogP contribution in [0.5, 0.6) is 0 Å². The molecule has 0 amide bonds. The highest BCUT2D eigenvalue weighted by atomic mass is 35.5. The predicted molar refractivity (Wildman–Crippen MR) is 66.9 cm³/mol. The Hall–Kier alpha value is -0.250. The van der Waals surface area contributed by atoms with Crippen LogP contribution in [0.3, 0.4) is 0 Å². The molecule has 0 atom stereocenters. The number of aromatic nitrogens is 2. The van der Waals surface area contributed by atoms with E-state index in [2.05, 4.69) is 10.3 Å². The smallest absolute Gasteiger partial charge is 0.204 e. The fraction of sp³-hybridized carbons (Fsp3) is 0.727. The molecule has 1 heterocycles. The van der Waals surface area contributed by atoms with Crippen molar-refractivity contribution in [2.24, 2.45) is 13.0 Å². The van der Waals surface area contributed by atoms with E-state index in [1.54, 1.807) is 0 Å². The third-order valence-corrected chi connectivity index (χ3v) is 3.95. The molecule has 3 nitrogen and oxygen atoms in total. The molecule has 0 bridgehead atoms. The SMILES string of the molecule is Cn1c(Cl)nc(Cl)c1CNCC1CCCC1. The first-order chi connectivity index (χ1) is 7.68. The molecule has 1 aromatic rings. The molecule has 1 fully saturated rings. The lowest BCUT2D eigenvalue weighted by atomic mass is 10.1. The molecular formula is C11H17Cl2N3. The molecule has 0 unspecified atom stereocenters. The average Bonchev–Trinajstić information content (AvgIpc) is 2.82. The molecule has 0 radical (unpaired) electrons. The second-order valence-corrected chi connectivity index (χ2v) is 5.15. The molecule has 1 N–H and O–H groups in total. The molecule has 1 aromatic heterocycles. The minimum absolute atomic E-state index is 0.447. The normalized spacial score (nSPS) is 17.2. The van der Waals surface area contributed by atoms with Gasteiger partial charge in [-0.1, -0.05) is 24.4 Å². The Morgan fingerprint density at radius 3 is 2.62 bits per heavy atom. The maximum Gasteiger partial charge on any atom is 0.204 e. The number of nitrogens with one attached hydrogen (secondary N) is 1. The van der Waals surface area contributed by atoms with Crippen molar-refractivity contribution < 1.29 is 0 Å². The lowest BCUT2D eigenvalue weighted by Gasteiger charge is -2.10. The number of nitrogens with zero attached hydrogens (tertiary/aromatic N) is 2. The zero-order valence-electron chi connectivity index (χ0n) is 9.47. The summed E-state index contributed by atoms with van der Waals surface area (Å²) in [5.41, 5.74) is 0.963. The summed E-state index contributed by atoms with van der Waals surface area (Å²) in [6, 6.07) is 0. The van der Waals surface area contributed by atoms with Crippen LogP contribution in [0.25, 0.3) is 0 Å². The third kappa shape index (κ3) is 2.70. The quantitative estimate of drug-likeness (QED) is 0.903. The Labute approximate surface area is 106 Å². The van der Waals surface area contributed by atoms with Gasteiger partial charge in [-0.2, -0.15) is 0 Å². The van der Waals surface area contributed by atoms with Crippen LogP contribution in [-0.2, 0) is 13.6 Å². The van der Waals surface area contributed by atoms with Gasteiger partial charge < -0.3 is 9.88 Å². The Morgan fingerprint density at radius 2 is 2.06 bits per heavy atom. The van der Waals surface area contributed by atoms with Crippen molar-refractivity contribution in [1.29, 1.82) is 0 Å². The van der Waals surface area contributed by atoms with Crippen molar-refractivity contribution in [2.45, 2.75) is 32.2 Å². The first kappa shape index (κ1) is 12.2. The number of hydrogen-bond acceptors (Lipinski definition) is 2. The second kappa shape index (κ2) is 5.39. The summed E-state index contributed by atoms with van der Waals surface area (Å²) in [6.07, 6.45) is 5.47. The molecule has 1 saturated carbocycles. The van der Waals surface area contributed by atoms with E-state index >= 15 is 0 Å². The second-order valence-electron chi connectivity index (χ2n) is 4.46. The minimum Gasteiger partial charge on any atom is -0.319 e. The van der Waals surface area contributed by atoms with Gasteiger partial charge in [-0.25, -0.2) is 4.98 Å². The van der Waals surface area contributed by atoms with Gasteiger partial charge in [0.05, 0.1) is 5.69 Å². The highest BCUT2D eigenvalue weighted by Crippen LogP contribution is 2.24. The van der Waals surface area contributed by atoms with Crippen LogP contribution < -0.4 is 5.32 Å². The standard InChI is InChI=1S/C11H17Cl2N3/c1-16-9(10(12)15-11(16)13)7-14-6-8-4-2-3-5-8/h8,14H,2-7H2,1H3. The van der Waals surface area contributed by atoms with Crippen LogP contribution in [0.1, 0.15) is 31.4 Å². The predicted octanol–water partition coefficient (Wildman–Crippen LogP) is 3.01. The molecule has 90 valence electrons. The van der Waals surface area contributed by atoms with Gasteiger partial charge in [0.2, 0.25) is 5.28 Å². The van der Waals surface area contributed by atoms with Crippen LogP contribution >= 0.6 is 23.2 Å². The highest BCUT2D eigenvalue weighted by molar-refractivity contribution is 6.32. The first-order valence-corrected chi connectivity index (χ1v) is 6.51. The maximum atomic E-state index is 5.99. The van der Waals surface area contributed by atoms with E-state index in [1.807, 2.05) is 11.6 Å². The fourth-order valence-electron chi connectivity index (χ4n) is 2.27. The van der Waals surface area contributed by atoms with Gasteiger partial charge in [0.15, 0.2) is 5.15 Å². The van der Waals surface area contributed by atoms with Crippen LogP contribution in [0.2, 0.25) is 10.4 Å². The van der Waals surface area contributed by atoms with Crippen LogP contribution in [0.4, 0.5) is 0 Å². The van der Waals surface area contributed by atoms with Gasteiger partial charge in [-0.3, -0.25) is 0 Å². The van der Waals surface area contributed by atoms with E-state index in [1.165, 1.54) is 25.7 Å². The Kier molecular flexibility index (Phi) is 4.11. The largest absolute Gasteiger partial charge is 0.319 e. The van der Waals surface area contributed by atoms with Crippen molar-refractivity contribution in [3.05, 3.63) is 16.1 Å². The minimum atomic E-state index is 0.447. The average molecular weight is 262 g/mol. The van der Waals surface area contributed by atoms with Crippen molar-refractivity contribution >= 4 is 23.2 Å². The van der Waals surface area contributed by atoms with Gasteiger partial charge >= 0.3 is 0 Å². The molecular weight excluding hydrogens is 245 g/mol. The summed E-state index contributed by atoms with van der Waals surface area (Å²) in [6.45, 7) is 1.81. The summed E-state index contributed by atoms with van der Waals surface area (Å²) >= 11 is 11.9. The summed E-state index contributed by atoms with van der Waals surface area (Å²) in [5.74, 6) is 0.836. The van der Waals surface area contributed by atoms with E-state index < -0.39 is 0 Å². The van der Waals surface area contributed by atoms with Crippen LogP contribution in [0, 0.1) is 5.92 Å². The lowest BCUT2D eigenvalue weighted by Crippen LogP contribution is -2.22. The Balaban J connectivity index is 1.84. The highest BCUT2D eigenvalue weighted by Gasteiger charge is 2.15. The van der Waals surface area contributed by atoms with Crippen molar-refractivity contribution in [1.82, 2.24) is 14.9 Å². The summed E-state index contributed by atoms with van der Waals surface area (Å²) in [7, 11) is 1.88. The van der Waals surface area contributed by atoms with Crippen molar-refractivity contribution in [3.63, 3.8) is 0 Å². The van der Waals surface area contributed by atoms with Gasteiger partial charge in [0.25, 0.3) is 0 Å².